The SMILES string of the molecule is CC1=CC(O)C2OCC1O2. The molecule has 3 unspecified atom stereocenters. The van der Waals surface area contributed by atoms with Gasteiger partial charge in [-0.05, 0) is 18.6 Å². The lowest BCUT2D eigenvalue weighted by molar-refractivity contribution is -0.117. The third-order valence-electron chi connectivity index (χ3n) is 1.93. The molecule has 0 amide bonds. The van der Waals surface area contributed by atoms with Crippen molar-refractivity contribution in [3.63, 3.8) is 0 Å². The fourth-order valence-electron chi connectivity index (χ4n) is 1.30. The highest BCUT2D eigenvalue weighted by molar-refractivity contribution is 5.14. The van der Waals surface area contributed by atoms with Crippen LogP contribution >= 0.6 is 0 Å². The molecule has 2 bridgehead atoms. The molecule has 3 atom stereocenters. The van der Waals surface area contributed by atoms with Gasteiger partial charge in [0.1, 0.15) is 12.2 Å². The maximum absolute atomic E-state index is 9.24. The van der Waals surface area contributed by atoms with Crippen LogP contribution in [0.3, 0.4) is 0 Å². The van der Waals surface area contributed by atoms with E-state index in [0.29, 0.717) is 6.61 Å². The van der Waals surface area contributed by atoms with E-state index < -0.39 is 12.4 Å². The number of aliphatic hydroxyl groups is 1. The first-order valence-electron chi connectivity index (χ1n) is 3.41. The van der Waals surface area contributed by atoms with Crippen molar-refractivity contribution < 1.29 is 14.6 Å². The summed E-state index contributed by atoms with van der Waals surface area (Å²) in [6, 6.07) is 0. The number of hydrogen-bond donors (Lipinski definition) is 1. The molecular weight excluding hydrogens is 132 g/mol. The molecule has 2 heterocycles. The fraction of sp³-hybridized carbons (Fsp3) is 0.714. The van der Waals surface area contributed by atoms with Crippen LogP contribution < -0.4 is 0 Å². The van der Waals surface area contributed by atoms with E-state index >= 15 is 0 Å². The minimum Gasteiger partial charge on any atom is -0.384 e. The second-order valence-electron chi connectivity index (χ2n) is 2.73. The van der Waals surface area contributed by atoms with Crippen LogP contribution in [0.1, 0.15) is 6.92 Å². The number of fused-ring (bicyclic) bond motifs is 2. The molecule has 0 aliphatic carbocycles. The van der Waals surface area contributed by atoms with Crippen molar-refractivity contribution in [1.82, 2.24) is 0 Å². The molecule has 0 radical (unpaired) electrons. The molecule has 10 heavy (non-hydrogen) atoms. The third-order valence-corrected chi connectivity index (χ3v) is 1.93. The number of hydrogen-bond acceptors (Lipinski definition) is 3. The molecule has 1 fully saturated rings. The van der Waals surface area contributed by atoms with Crippen LogP contribution in [0.25, 0.3) is 0 Å². The smallest absolute Gasteiger partial charge is 0.188 e. The Morgan fingerprint density at radius 2 is 2.50 bits per heavy atom. The van der Waals surface area contributed by atoms with Crippen LogP contribution in [0, 0.1) is 0 Å². The maximum atomic E-state index is 9.24. The molecule has 3 heteroatoms. The molecule has 1 N–H and O–H groups in total. The van der Waals surface area contributed by atoms with Gasteiger partial charge in [0.2, 0.25) is 0 Å². The number of aliphatic hydroxyl groups excluding tert-OH is 1. The van der Waals surface area contributed by atoms with Crippen molar-refractivity contribution in [2.75, 3.05) is 6.61 Å². The van der Waals surface area contributed by atoms with Gasteiger partial charge in [-0.25, -0.2) is 0 Å². The Kier molecular flexibility index (Phi) is 1.30. The van der Waals surface area contributed by atoms with E-state index in [4.69, 9.17) is 9.47 Å². The zero-order valence-corrected chi connectivity index (χ0v) is 5.78. The average molecular weight is 142 g/mol. The normalized spacial score (nSPS) is 45.4. The lowest BCUT2D eigenvalue weighted by atomic mass is 10.1. The van der Waals surface area contributed by atoms with Crippen LogP contribution in [0.4, 0.5) is 0 Å². The Labute approximate surface area is 59.2 Å². The highest BCUT2D eigenvalue weighted by Gasteiger charge is 2.35. The van der Waals surface area contributed by atoms with Crippen molar-refractivity contribution in [2.45, 2.75) is 25.4 Å². The van der Waals surface area contributed by atoms with Crippen molar-refractivity contribution in [3.05, 3.63) is 11.6 Å². The third kappa shape index (κ3) is 0.785. The Hall–Kier alpha value is -0.380. The van der Waals surface area contributed by atoms with Gasteiger partial charge < -0.3 is 14.6 Å². The summed E-state index contributed by atoms with van der Waals surface area (Å²) in [5.74, 6) is 0. The largest absolute Gasteiger partial charge is 0.384 e. The minimum atomic E-state index is -0.571. The molecule has 0 spiro atoms. The first-order chi connectivity index (χ1) is 4.77. The predicted octanol–water partition coefficient (Wildman–Crippen LogP) is 0.0487. The summed E-state index contributed by atoms with van der Waals surface area (Å²) in [4.78, 5) is 0. The molecular formula is C7H10O3. The Morgan fingerprint density at radius 3 is 3.30 bits per heavy atom. The quantitative estimate of drug-likeness (QED) is 0.486. The van der Waals surface area contributed by atoms with Gasteiger partial charge in [-0.1, -0.05) is 0 Å². The highest BCUT2D eigenvalue weighted by atomic mass is 16.7. The zero-order chi connectivity index (χ0) is 7.14. The first kappa shape index (κ1) is 6.34. The average Bonchev–Trinajstić information content (AvgIpc) is 2.28. The summed E-state index contributed by atoms with van der Waals surface area (Å²) in [5.41, 5.74) is 1.07. The van der Waals surface area contributed by atoms with Crippen molar-refractivity contribution in [3.8, 4) is 0 Å². The van der Waals surface area contributed by atoms with E-state index in [0.717, 1.165) is 5.57 Å². The Balaban J connectivity index is 2.25. The molecule has 2 rings (SSSR count). The van der Waals surface area contributed by atoms with Gasteiger partial charge in [0, 0.05) is 0 Å². The van der Waals surface area contributed by atoms with E-state index in [2.05, 4.69) is 0 Å². The van der Waals surface area contributed by atoms with Crippen LogP contribution in [0.5, 0.6) is 0 Å². The van der Waals surface area contributed by atoms with Crippen LogP contribution in [0.15, 0.2) is 11.6 Å². The number of ether oxygens (including phenoxy) is 2. The van der Waals surface area contributed by atoms with E-state index in [1.807, 2.05) is 6.92 Å². The molecule has 1 saturated heterocycles. The minimum absolute atomic E-state index is 0.0911. The van der Waals surface area contributed by atoms with Crippen LogP contribution in [-0.4, -0.2) is 30.2 Å². The Morgan fingerprint density at radius 1 is 1.70 bits per heavy atom. The lowest BCUT2D eigenvalue weighted by Crippen LogP contribution is -2.30. The standard InChI is InChI=1S/C7H10O3/c1-4-2-5(8)7-9-3-6(4)10-7/h2,5-8H,3H2,1H3. The monoisotopic (exact) mass is 142 g/mol. The zero-order valence-electron chi connectivity index (χ0n) is 5.78. The van der Waals surface area contributed by atoms with Gasteiger partial charge in [-0.15, -0.1) is 0 Å². The van der Waals surface area contributed by atoms with Gasteiger partial charge in [0.25, 0.3) is 0 Å². The van der Waals surface area contributed by atoms with E-state index in [-0.39, 0.29) is 6.10 Å². The summed E-state index contributed by atoms with van der Waals surface area (Å²) in [7, 11) is 0. The summed E-state index contributed by atoms with van der Waals surface area (Å²) in [6.07, 6.45) is 0.909. The Bertz CT molecular complexity index is 176. The fourth-order valence-corrected chi connectivity index (χ4v) is 1.30. The first-order valence-corrected chi connectivity index (χ1v) is 3.41. The van der Waals surface area contributed by atoms with Gasteiger partial charge >= 0.3 is 0 Å². The lowest BCUT2D eigenvalue weighted by Gasteiger charge is -2.20. The van der Waals surface area contributed by atoms with Gasteiger partial charge in [-0.3, -0.25) is 0 Å². The summed E-state index contributed by atoms with van der Waals surface area (Å²) in [5, 5.41) is 9.24. The molecule has 0 aromatic heterocycles. The predicted molar refractivity (Wildman–Crippen MR) is 34.4 cm³/mol. The van der Waals surface area contributed by atoms with Crippen molar-refractivity contribution in [2.24, 2.45) is 0 Å². The second-order valence-corrected chi connectivity index (χ2v) is 2.73. The van der Waals surface area contributed by atoms with Gasteiger partial charge in [-0.2, -0.15) is 0 Å². The van der Waals surface area contributed by atoms with Gasteiger partial charge in [0.15, 0.2) is 6.29 Å². The molecule has 0 aromatic carbocycles. The molecule has 56 valence electrons. The topological polar surface area (TPSA) is 38.7 Å². The van der Waals surface area contributed by atoms with Crippen molar-refractivity contribution in [1.29, 1.82) is 0 Å². The molecule has 2 aliphatic rings. The highest BCUT2D eigenvalue weighted by Crippen LogP contribution is 2.26. The van der Waals surface area contributed by atoms with E-state index in [1.54, 1.807) is 6.08 Å². The summed E-state index contributed by atoms with van der Waals surface area (Å²) in [6.45, 7) is 2.53. The molecule has 3 nitrogen and oxygen atoms in total. The van der Waals surface area contributed by atoms with Crippen LogP contribution in [-0.2, 0) is 9.47 Å². The number of rotatable bonds is 0. The van der Waals surface area contributed by atoms with Crippen molar-refractivity contribution >= 4 is 0 Å². The van der Waals surface area contributed by atoms with E-state index in [1.165, 1.54) is 0 Å². The molecule has 0 saturated carbocycles. The molecule has 2 aliphatic heterocycles. The molecule has 0 aromatic rings. The van der Waals surface area contributed by atoms with Crippen LogP contribution in [0.2, 0.25) is 0 Å². The second kappa shape index (κ2) is 2.05. The summed E-state index contributed by atoms with van der Waals surface area (Å²) >= 11 is 0. The summed E-state index contributed by atoms with van der Waals surface area (Å²) < 4.78 is 10.4. The maximum Gasteiger partial charge on any atom is 0.188 e. The van der Waals surface area contributed by atoms with Gasteiger partial charge in [0.05, 0.1) is 6.61 Å². The van der Waals surface area contributed by atoms with E-state index in [9.17, 15) is 5.11 Å².